The highest BCUT2D eigenvalue weighted by Crippen LogP contribution is 2.20. The molecule has 1 aliphatic rings. The highest BCUT2D eigenvalue weighted by atomic mass is 16.6. The summed E-state index contributed by atoms with van der Waals surface area (Å²) in [4.78, 5) is 153. The summed E-state index contributed by atoms with van der Waals surface area (Å²) < 4.78 is 10.9. The molecule has 4 aromatic rings. The van der Waals surface area contributed by atoms with Gasteiger partial charge >= 0.3 is 12.1 Å². The van der Waals surface area contributed by atoms with Crippen LogP contribution in [0.1, 0.15) is 90.3 Å². The van der Waals surface area contributed by atoms with E-state index in [0.29, 0.717) is 27.6 Å². The van der Waals surface area contributed by atoms with Gasteiger partial charge in [-0.2, -0.15) is 0 Å². The lowest BCUT2D eigenvalue weighted by atomic mass is 10.0. The second-order valence-electron chi connectivity index (χ2n) is 21.4. The smallest absolute Gasteiger partial charge is 0.408 e. The fourth-order valence-corrected chi connectivity index (χ4v) is 8.37. The number of aromatic amines is 1. The van der Waals surface area contributed by atoms with Crippen LogP contribution in [0.3, 0.4) is 0 Å². The number of primary amides is 1. The maximum atomic E-state index is 14.6. The molecule has 2 unspecified atom stereocenters. The first kappa shape index (κ1) is 62.8. The Labute approximate surface area is 468 Å². The molecule has 1 aliphatic heterocycles. The van der Waals surface area contributed by atoms with E-state index in [0.717, 1.165) is 0 Å². The zero-order valence-electron chi connectivity index (χ0n) is 46.2. The number of fused-ring (bicyclic) bond motifs is 1. The number of para-hydroxylation sites is 1. The van der Waals surface area contributed by atoms with Crippen LogP contribution in [0.4, 0.5) is 4.79 Å². The number of phenolic OH excluding ortho intramolecular Hbond substituents is 1. The van der Waals surface area contributed by atoms with Gasteiger partial charge in [-0.15, -0.1) is 0 Å². The third-order valence-electron chi connectivity index (χ3n) is 12.3. The molecule has 436 valence electrons. The number of carbonyl (C=O) groups excluding carboxylic acids is 11. The van der Waals surface area contributed by atoms with Crippen LogP contribution in [0.25, 0.3) is 10.9 Å². The molecule has 0 saturated carbocycles. The number of benzene rings is 3. The minimum absolute atomic E-state index is 0.0437. The topological polar surface area (TPSA) is 377 Å². The van der Waals surface area contributed by atoms with Crippen LogP contribution in [0.5, 0.6) is 5.75 Å². The molecule has 5 rings (SSSR count). The first-order valence-electron chi connectivity index (χ1n) is 26.4. The summed E-state index contributed by atoms with van der Waals surface area (Å²) in [7, 11) is 0. The molecule has 3 aromatic carbocycles. The molecule has 10 amide bonds. The van der Waals surface area contributed by atoms with Crippen LogP contribution in [-0.4, -0.2) is 142 Å². The highest BCUT2D eigenvalue weighted by Gasteiger charge is 2.35. The predicted octanol–water partition coefficient (Wildman–Crippen LogP) is 0.358. The monoisotopic (exact) mass is 1120 g/mol. The number of esters is 1. The Kier molecular flexibility index (Phi) is 22.7. The lowest BCUT2D eigenvalue weighted by molar-refractivity contribution is -0.156. The Hall–Kier alpha value is -9.03. The van der Waals surface area contributed by atoms with Gasteiger partial charge in [0.15, 0.2) is 0 Å². The van der Waals surface area contributed by atoms with Gasteiger partial charge in [0.1, 0.15) is 53.2 Å². The first-order valence-corrected chi connectivity index (χ1v) is 26.4. The second kappa shape index (κ2) is 29.3. The number of ether oxygens (including phenoxy) is 2. The van der Waals surface area contributed by atoms with E-state index in [1.165, 1.54) is 24.3 Å². The van der Waals surface area contributed by atoms with Crippen LogP contribution in [-0.2, 0) is 76.7 Å². The van der Waals surface area contributed by atoms with Gasteiger partial charge in [0.25, 0.3) is 0 Å². The summed E-state index contributed by atoms with van der Waals surface area (Å²) in [6.07, 6.45) is -1.72. The maximum Gasteiger partial charge on any atom is 0.408 e. The third-order valence-corrected chi connectivity index (χ3v) is 12.3. The van der Waals surface area contributed by atoms with E-state index in [4.69, 9.17) is 15.2 Å². The summed E-state index contributed by atoms with van der Waals surface area (Å²) in [5.74, 6) is -8.80. The molecule has 1 aromatic heterocycles. The SMILES string of the molecule is CC(C)(C)OC(=O)C[C@H](NC(=O)C1CCNC(=O)CCC(=O)NCC[C@H](NC(=O)[C@H](Cc2ccc(O)cc2)NC(=O)OC(C)(C)C)C(=O)NCC(=O)NC(Cc2c[nH]c3ccccc23)C(=O)N1)C(=O)N[C@@H](Cc1ccccc1)C(N)=O. The number of aromatic nitrogens is 1. The molecule has 0 bridgehead atoms. The Bertz CT molecular complexity index is 2900. The summed E-state index contributed by atoms with van der Waals surface area (Å²) in [5.41, 5.74) is 6.11. The van der Waals surface area contributed by atoms with Crippen LogP contribution in [0, 0.1) is 0 Å². The van der Waals surface area contributed by atoms with E-state index in [1.807, 2.05) is 0 Å². The zero-order chi connectivity index (χ0) is 59.4. The molecule has 0 radical (unpaired) electrons. The van der Waals surface area contributed by atoms with E-state index in [9.17, 15) is 57.8 Å². The number of hydrogen-bond donors (Lipinski definition) is 12. The van der Waals surface area contributed by atoms with Gasteiger partial charge in [-0.3, -0.25) is 47.9 Å². The number of carbonyl (C=O) groups is 11. The van der Waals surface area contributed by atoms with E-state index in [1.54, 1.807) is 102 Å². The number of phenols is 1. The minimum Gasteiger partial charge on any atom is -0.508 e. The number of rotatable bonds is 16. The van der Waals surface area contributed by atoms with Crippen LogP contribution in [0.15, 0.2) is 85.1 Å². The van der Waals surface area contributed by atoms with Gasteiger partial charge in [-0.05, 0) is 89.3 Å². The molecule has 0 spiro atoms. The molecule has 1 fully saturated rings. The van der Waals surface area contributed by atoms with Crippen LogP contribution < -0.4 is 53.6 Å². The molecule has 25 nitrogen and oxygen atoms in total. The molecule has 81 heavy (non-hydrogen) atoms. The molecule has 13 N–H and O–H groups in total. The Morgan fingerprint density at radius 2 is 1.26 bits per heavy atom. The van der Waals surface area contributed by atoms with Crippen molar-refractivity contribution in [3.05, 3.63) is 102 Å². The summed E-state index contributed by atoms with van der Waals surface area (Å²) in [6.45, 7) is 8.36. The standard InChI is InChI=1S/C56H73N11O14/c1-55(2,3)80-47(72)29-43(53(78)65-40(48(57)73)26-32-12-8-7-9-13-32)66-50(75)39-23-25-59-45(70)21-20-44(69)58-24-22-38(63-51(76)41(67-54(79)81-56(4,5)6)27-33-16-18-35(68)19-17-33)49(74)61-31-46(71)62-42(52(77)64-39)28-34-30-60-37-15-11-10-14-36(34)37/h7-19,30,38-43,60,68H,20-29,31H2,1-6H3,(H2,57,73)(H,58,69)(H,59,70)(H,61,74)(H,62,71)(H,63,76)(H,64,77)(H,65,78)(H,66,75)(H,67,79)/t38-,39?,40-,41-,42?,43-/m0/s1. The zero-order valence-corrected chi connectivity index (χ0v) is 46.2. The normalized spacial score (nSPS) is 18.3. The molecule has 1 saturated heterocycles. The van der Waals surface area contributed by atoms with Gasteiger partial charge in [0.2, 0.25) is 53.2 Å². The van der Waals surface area contributed by atoms with Gasteiger partial charge < -0.3 is 73.1 Å². The van der Waals surface area contributed by atoms with Gasteiger partial charge in [0.05, 0.1) is 13.0 Å². The highest BCUT2D eigenvalue weighted by molar-refractivity contribution is 5.98. The van der Waals surface area contributed by atoms with Crippen molar-refractivity contribution in [3.63, 3.8) is 0 Å². The van der Waals surface area contributed by atoms with E-state index < -0.39 is 126 Å². The lowest BCUT2D eigenvalue weighted by Crippen LogP contribution is -2.59. The Morgan fingerprint density at radius 1 is 0.654 bits per heavy atom. The molecular formula is C56H73N11O14. The summed E-state index contributed by atoms with van der Waals surface area (Å²) >= 11 is 0. The van der Waals surface area contributed by atoms with Crippen molar-refractivity contribution in [2.75, 3.05) is 19.6 Å². The molecular weight excluding hydrogens is 1050 g/mol. The fraction of sp³-hybridized carbons (Fsp3) is 0.446. The van der Waals surface area contributed by atoms with Gasteiger partial charge in [-0.1, -0.05) is 60.7 Å². The number of hydrogen-bond acceptors (Lipinski definition) is 14. The van der Waals surface area contributed by atoms with Crippen molar-refractivity contribution < 1.29 is 67.3 Å². The number of H-pyrrole nitrogens is 1. The molecule has 0 aliphatic carbocycles. The maximum absolute atomic E-state index is 14.6. The van der Waals surface area contributed by atoms with Crippen LogP contribution >= 0.6 is 0 Å². The average Bonchev–Trinajstić information content (AvgIpc) is 3.86. The third kappa shape index (κ3) is 21.6. The number of amides is 10. The quantitative estimate of drug-likeness (QED) is 0.0675. The first-order chi connectivity index (χ1) is 38.2. The average molecular weight is 1120 g/mol. The van der Waals surface area contributed by atoms with E-state index in [-0.39, 0.29) is 63.8 Å². The molecule has 6 atom stereocenters. The minimum atomic E-state index is -1.72. The summed E-state index contributed by atoms with van der Waals surface area (Å²) in [5, 5.41) is 33.5. The molecule has 2 heterocycles. The van der Waals surface area contributed by atoms with Crippen molar-refractivity contribution in [1.82, 2.24) is 52.8 Å². The number of alkyl carbamates (subject to hydrolysis) is 1. The van der Waals surface area contributed by atoms with Crippen LogP contribution in [0.2, 0.25) is 0 Å². The van der Waals surface area contributed by atoms with Crippen molar-refractivity contribution in [2.45, 2.75) is 140 Å². The Morgan fingerprint density at radius 3 is 1.90 bits per heavy atom. The van der Waals surface area contributed by atoms with Gasteiger partial charge in [-0.25, -0.2) is 4.79 Å². The Balaban J connectivity index is 1.44. The number of aromatic hydroxyl groups is 1. The number of nitrogens with two attached hydrogens (primary N) is 1. The van der Waals surface area contributed by atoms with Crippen molar-refractivity contribution in [1.29, 1.82) is 0 Å². The predicted molar refractivity (Wildman–Crippen MR) is 294 cm³/mol. The summed E-state index contributed by atoms with van der Waals surface area (Å²) in [6, 6.07) is 12.6. The van der Waals surface area contributed by atoms with Crippen molar-refractivity contribution >= 4 is 76.1 Å². The largest absolute Gasteiger partial charge is 0.508 e. The van der Waals surface area contributed by atoms with Crippen molar-refractivity contribution in [2.24, 2.45) is 5.73 Å². The number of nitrogens with one attached hydrogen (secondary N) is 10. The molecule has 25 heteroatoms. The second-order valence-corrected chi connectivity index (χ2v) is 21.4. The lowest BCUT2D eigenvalue weighted by Gasteiger charge is -2.27. The van der Waals surface area contributed by atoms with Crippen molar-refractivity contribution in [3.8, 4) is 5.75 Å². The van der Waals surface area contributed by atoms with E-state index in [2.05, 4.69) is 52.8 Å². The van der Waals surface area contributed by atoms with Gasteiger partial charge in [0, 0.05) is 62.3 Å². The van der Waals surface area contributed by atoms with E-state index >= 15 is 0 Å². The fourth-order valence-electron chi connectivity index (χ4n) is 8.37.